The first kappa shape index (κ1) is 15.8. The highest BCUT2D eigenvalue weighted by molar-refractivity contribution is 5.95. The number of nitrogens with two attached hydrogens (primary N) is 1. The zero-order valence-corrected chi connectivity index (χ0v) is 12.9. The molecule has 0 heterocycles. The Kier molecular flexibility index (Phi) is 5.62. The third-order valence-electron chi connectivity index (χ3n) is 4.25. The maximum Gasteiger partial charge on any atom is 0.231 e. The van der Waals surface area contributed by atoms with Crippen molar-refractivity contribution < 1.29 is 9.53 Å². The summed E-state index contributed by atoms with van der Waals surface area (Å²) in [6.07, 6.45) is 6.12. The molecule has 2 rings (SSSR count). The van der Waals surface area contributed by atoms with Gasteiger partial charge in [0.25, 0.3) is 0 Å². The van der Waals surface area contributed by atoms with Crippen LogP contribution in [0.25, 0.3) is 0 Å². The van der Waals surface area contributed by atoms with E-state index in [1.807, 2.05) is 24.3 Å². The van der Waals surface area contributed by atoms with Crippen molar-refractivity contribution in [3.05, 3.63) is 24.3 Å². The molecule has 0 spiro atoms. The normalized spacial score (nSPS) is 17.2. The number of carbonyl (C=O) groups is 1. The average Bonchev–Trinajstić information content (AvgIpc) is 2.54. The van der Waals surface area contributed by atoms with Gasteiger partial charge in [0, 0.05) is 18.3 Å². The van der Waals surface area contributed by atoms with Gasteiger partial charge in [-0.2, -0.15) is 0 Å². The molecule has 3 N–H and O–H groups in total. The standard InChI is InChI=1S/C17H26N2O2/c1-2-11-21-15-8-6-7-14(12-15)19-16(20)17(13-18)9-4-3-5-10-17/h6-8,12H,2-5,9-11,13,18H2,1H3,(H,19,20). The van der Waals surface area contributed by atoms with Crippen LogP contribution >= 0.6 is 0 Å². The largest absolute Gasteiger partial charge is 0.494 e. The number of hydrogen-bond donors (Lipinski definition) is 2. The molecule has 1 aromatic carbocycles. The Morgan fingerprint density at radius 1 is 1.33 bits per heavy atom. The van der Waals surface area contributed by atoms with E-state index in [4.69, 9.17) is 10.5 Å². The van der Waals surface area contributed by atoms with Gasteiger partial charge in [-0.25, -0.2) is 0 Å². The van der Waals surface area contributed by atoms with Gasteiger partial charge in [-0.05, 0) is 31.4 Å². The van der Waals surface area contributed by atoms with Crippen LogP contribution in [0.1, 0.15) is 45.4 Å². The number of amides is 1. The molecule has 116 valence electrons. The lowest BCUT2D eigenvalue weighted by molar-refractivity contribution is -0.126. The Morgan fingerprint density at radius 2 is 2.10 bits per heavy atom. The number of nitrogens with one attached hydrogen (secondary N) is 1. The van der Waals surface area contributed by atoms with Crippen molar-refractivity contribution in [1.29, 1.82) is 0 Å². The van der Waals surface area contributed by atoms with Gasteiger partial charge in [-0.3, -0.25) is 4.79 Å². The Bertz CT molecular complexity index is 468. The fourth-order valence-corrected chi connectivity index (χ4v) is 2.90. The summed E-state index contributed by atoms with van der Waals surface area (Å²) in [7, 11) is 0. The molecular formula is C17H26N2O2. The maximum absolute atomic E-state index is 12.6. The van der Waals surface area contributed by atoms with Gasteiger partial charge in [0.15, 0.2) is 0 Å². The van der Waals surface area contributed by atoms with Crippen LogP contribution in [-0.4, -0.2) is 19.1 Å². The summed E-state index contributed by atoms with van der Waals surface area (Å²) in [6, 6.07) is 7.57. The fraction of sp³-hybridized carbons (Fsp3) is 0.588. The molecule has 4 nitrogen and oxygen atoms in total. The Balaban J connectivity index is 2.04. The lowest BCUT2D eigenvalue weighted by atomic mass is 9.73. The van der Waals surface area contributed by atoms with E-state index in [2.05, 4.69) is 12.2 Å². The summed E-state index contributed by atoms with van der Waals surface area (Å²) in [5.41, 5.74) is 6.30. The molecule has 0 bridgehead atoms. The second-order valence-electron chi connectivity index (χ2n) is 5.88. The van der Waals surface area contributed by atoms with Crippen LogP contribution in [0.4, 0.5) is 5.69 Å². The second kappa shape index (κ2) is 7.46. The fourth-order valence-electron chi connectivity index (χ4n) is 2.90. The molecule has 1 amide bonds. The van der Waals surface area contributed by atoms with E-state index in [9.17, 15) is 4.79 Å². The van der Waals surface area contributed by atoms with Gasteiger partial charge in [-0.1, -0.05) is 32.3 Å². The highest BCUT2D eigenvalue weighted by atomic mass is 16.5. The minimum absolute atomic E-state index is 0.0531. The molecular weight excluding hydrogens is 264 g/mol. The van der Waals surface area contributed by atoms with Crippen LogP contribution in [0.15, 0.2) is 24.3 Å². The van der Waals surface area contributed by atoms with E-state index in [0.29, 0.717) is 13.2 Å². The summed E-state index contributed by atoms with van der Waals surface area (Å²) in [4.78, 5) is 12.6. The van der Waals surface area contributed by atoms with E-state index in [0.717, 1.165) is 43.5 Å². The molecule has 1 aliphatic rings. The van der Waals surface area contributed by atoms with Crippen LogP contribution in [0.2, 0.25) is 0 Å². The van der Waals surface area contributed by atoms with Crippen molar-refractivity contribution in [2.75, 3.05) is 18.5 Å². The van der Waals surface area contributed by atoms with Crippen LogP contribution in [0.5, 0.6) is 5.75 Å². The van der Waals surface area contributed by atoms with Gasteiger partial charge in [-0.15, -0.1) is 0 Å². The molecule has 0 unspecified atom stereocenters. The van der Waals surface area contributed by atoms with Crippen molar-refractivity contribution in [3.8, 4) is 5.75 Å². The monoisotopic (exact) mass is 290 g/mol. The van der Waals surface area contributed by atoms with Crippen LogP contribution in [-0.2, 0) is 4.79 Å². The molecule has 0 aromatic heterocycles. The third-order valence-corrected chi connectivity index (χ3v) is 4.25. The first-order valence-corrected chi connectivity index (χ1v) is 7.94. The predicted molar refractivity (Wildman–Crippen MR) is 85.4 cm³/mol. The van der Waals surface area contributed by atoms with Crippen molar-refractivity contribution in [3.63, 3.8) is 0 Å². The number of benzene rings is 1. The minimum atomic E-state index is -0.390. The lowest BCUT2D eigenvalue weighted by Crippen LogP contribution is -2.43. The quantitative estimate of drug-likeness (QED) is 0.844. The molecule has 0 saturated heterocycles. The van der Waals surface area contributed by atoms with Gasteiger partial charge >= 0.3 is 0 Å². The number of anilines is 1. The molecule has 21 heavy (non-hydrogen) atoms. The van der Waals surface area contributed by atoms with Crippen LogP contribution in [0.3, 0.4) is 0 Å². The molecule has 1 saturated carbocycles. The smallest absolute Gasteiger partial charge is 0.231 e. The summed E-state index contributed by atoms with van der Waals surface area (Å²) < 4.78 is 5.60. The molecule has 0 aliphatic heterocycles. The summed E-state index contributed by atoms with van der Waals surface area (Å²) in [5, 5.41) is 3.02. The summed E-state index contributed by atoms with van der Waals surface area (Å²) in [6.45, 7) is 3.18. The van der Waals surface area contributed by atoms with Gasteiger partial charge < -0.3 is 15.8 Å². The molecule has 1 fully saturated rings. The number of carbonyl (C=O) groups excluding carboxylic acids is 1. The Morgan fingerprint density at radius 3 is 2.76 bits per heavy atom. The number of hydrogen-bond acceptors (Lipinski definition) is 3. The van der Waals surface area contributed by atoms with Crippen LogP contribution in [0, 0.1) is 5.41 Å². The van der Waals surface area contributed by atoms with Crippen LogP contribution < -0.4 is 15.8 Å². The first-order chi connectivity index (χ1) is 10.2. The molecule has 0 radical (unpaired) electrons. The SMILES string of the molecule is CCCOc1cccc(NC(=O)C2(CN)CCCCC2)c1. The maximum atomic E-state index is 12.6. The topological polar surface area (TPSA) is 64.3 Å². The summed E-state index contributed by atoms with van der Waals surface area (Å²) in [5.74, 6) is 0.845. The molecule has 4 heteroatoms. The Hall–Kier alpha value is -1.55. The zero-order valence-electron chi connectivity index (χ0n) is 12.9. The number of rotatable bonds is 6. The molecule has 1 aliphatic carbocycles. The third kappa shape index (κ3) is 3.97. The average molecular weight is 290 g/mol. The second-order valence-corrected chi connectivity index (χ2v) is 5.88. The molecule has 1 aromatic rings. The molecule has 0 atom stereocenters. The summed E-state index contributed by atoms with van der Waals surface area (Å²) >= 11 is 0. The van der Waals surface area contributed by atoms with Crippen molar-refractivity contribution >= 4 is 11.6 Å². The van der Waals surface area contributed by atoms with E-state index < -0.39 is 5.41 Å². The Labute approximate surface area is 127 Å². The van der Waals surface area contributed by atoms with Crippen molar-refractivity contribution in [2.24, 2.45) is 11.1 Å². The predicted octanol–water partition coefficient (Wildman–Crippen LogP) is 3.32. The van der Waals surface area contributed by atoms with Gasteiger partial charge in [0.05, 0.1) is 12.0 Å². The van der Waals surface area contributed by atoms with Crippen molar-refractivity contribution in [2.45, 2.75) is 45.4 Å². The highest BCUT2D eigenvalue weighted by Gasteiger charge is 2.38. The van der Waals surface area contributed by atoms with Gasteiger partial charge in [0.1, 0.15) is 5.75 Å². The number of ether oxygens (including phenoxy) is 1. The minimum Gasteiger partial charge on any atom is -0.494 e. The van der Waals surface area contributed by atoms with E-state index in [1.165, 1.54) is 6.42 Å². The highest BCUT2D eigenvalue weighted by Crippen LogP contribution is 2.36. The zero-order chi connectivity index (χ0) is 15.1. The van der Waals surface area contributed by atoms with E-state index in [1.54, 1.807) is 0 Å². The lowest BCUT2D eigenvalue weighted by Gasteiger charge is -2.34. The first-order valence-electron chi connectivity index (χ1n) is 7.94. The van der Waals surface area contributed by atoms with E-state index in [-0.39, 0.29) is 5.91 Å². The van der Waals surface area contributed by atoms with E-state index >= 15 is 0 Å². The van der Waals surface area contributed by atoms with Crippen molar-refractivity contribution in [1.82, 2.24) is 0 Å². The van der Waals surface area contributed by atoms with Gasteiger partial charge in [0.2, 0.25) is 5.91 Å².